The second-order valence-corrected chi connectivity index (χ2v) is 15.1. The summed E-state index contributed by atoms with van der Waals surface area (Å²) >= 11 is 0. The van der Waals surface area contributed by atoms with Gasteiger partial charge in [0.15, 0.2) is 0 Å². The number of hydrogen-bond acceptors (Lipinski definition) is 14. The first-order valence-electron chi connectivity index (χ1n) is 19.9. The van der Waals surface area contributed by atoms with Gasteiger partial charge in [-0.05, 0) is 48.4 Å². The number of morpholine rings is 1. The van der Waals surface area contributed by atoms with Crippen molar-refractivity contribution in [3.05, 3.63) is 76.3 Å². The zero-order valence-electron chi connectivity index (χ0n) is 32.8. The van der Waals surface area contributed by atoms with Crippen molar-refractivity contribution in [2.45, 2.75) is 31.6 Å². The van der Waals surface area contributed by atoms with Gasteiger partial charge in [-0.15, -0.1) is 0 Å². The highest BCUT2D eigenvalue weighted by molar-refractivity contribution is 6.24. The Bertz CT molecular complexity index is 2210. The van der Waals surface area contributed by atoms with Crippen LogP contribution in [0.3, 0.4) is 0 Å². The molecule has 1 unspecified atom stereocenters. The average molecular weight is 825 g/mol. The number of fused-ring (bicyclic) bond motifs is 2. The molecule has 6 aliphatic heterocycles. The van der Waals surface area contributed by atoms with Gasteiger partial charge in [0.25, 0.3) is 23.6 Å². The number of nitrogens with zero attached hydrogens (tertiary/aromatic N) is 6. The van der Waals surface area contributed by atoms with Gasteiger partial charge in [-0.3, -0.25) is 43.9 Å². The fourth-order valence-corrected chi connectivity index (χ4v) is 8.21. The lowest BCUT2D eigenvalue weighted by atomic mass is 10.0. The van der Waals surface area contributed by atoms with Crippen LogP contribution in [-0.2, 0) is 30.4 Å². The summed E-state index contributed by atoms with van der Waals surface area (Å²) < 4.78 is 26.6. The van der Waals surface area contributed by atoms with Gasteiger partial charge in [-0.1, -0.05) is 0 Å². The number of halogens is 1. The summed E-state index contributed by atoms with van der Waals surface area (Å²) in [5.74, 6) is -2.79. The first kappa shape index (κ1) is 40.5. The molecule has 3 fully saturated rings. The molecule has 6 aliphatic rings. The molecule has 60 heavy (non-hydrogen) atoms. The number of carbonyl (C=O) groups is 6. The monoisotopic (exact) mass is 824 g/mol. The van der Waals surface area contributed by atoms with Crippen LogP contribution in [0.2, 0.25) is 0 Å². The maximum atomic E-state index is 15.3. The first-order chi connectivity index (χ1) is 29.1. The van der Waals surface area contributed by atoms with Crippen molar-refractivity contribution < 1.29 is 42.6 Å². The summed E-state index contributed by atoms with van der Waals surface area (Å²) in [5.41, 5.74) is 3.45. The highest BCUT2D eigenvalue weighted by Crippen LogP contribution is 2.36. The van der Waals surface area contributed by atoms with Gasteiger partial charge < -0.3 is 40.2 Å². The molecule has 0 bridgehead atoms. The molecule has 0 aliphatic carbocycles. The Labute approximate surface area is 344 Å². The third-order valence-corrected chi connectivity index (χ3v) is 11.4. The Hall–Kier alpha value is -6.31. The molecule has 0 saturated carbocycles. The SMILES string of the molecule is N=C/C(C(=O)Nc1cc2c(cc1N1CCOCC1)C(=O)N(C[C@@H](F)COCCN1CCN(c3ccc4c(c3)C(=O)N(C3CCC(=O)NC3=O)C4=O)CC1)C2)=C1/N=CC=CN1. The fraction of sp³-hybridized carbons (Fsp3) is 0.415. The number of amides is 6. The Kier molecular flexibility index (Phi) is 11.8. The average Bonchev–Trinajstić information content (AvgIpc) is 3.69. The maximum absolute atomic E-state index is 15.3. The maximum Gasteiger partial charge on any atom is 0.262 e. The van der Waals surface area contributed by atoms with Crippen LogP contribution in [0, 0.1) is 5.41 Å². The van der Waals surface area contributed by atoms with Crippen LogP contribution in [0.25, 0.3) is 0 Å². The van der Waals surface area contributed by atoms with E-state index in [9.17, 15) is 28.8 Å². The number of allylic oxidation sites excluding steroid dienone is 1. The number of alkyl halides is 1. The number of carbonyl (C=O) groups excluding carboxylic acids is 6. The third-order valence-electron chi connectivity index (χ3n) is 11.4. The molecule has 0 radical (unpaired) electrons. The number of rotatable bonds is 13. The van der Waals surface area contributed by atoms with E-state index in [1.807, 2.05) is 4.90 Å². The molecular formula is C41H45FN10O8. The minimum atomic E-state index is -1.43. The molecule has 3 saturated heterocycles. The molecule has 314 valence electrons. The lowest BCUT2D eigenvalue weighted by molar-refractivity contribution is -0.136. The fourth-order valence-electron chi connectivity index (χ4n) is 8.21. The van der Waals surface area contributed by atoms with Crippen LogP contribution in [0.4, 0.5) is 21.5 Å². The van der Waals surface area contributed by atoms with Crippen LogP contribution >= 0.6 is 0 Å². The molecule has 0 spiro atoms. The van der Waals surface area contributed by atoms with E-state index in [1.54, 1.807) is 42.6 Å². The van der Waals surface area contributed by atoms with Crippen LogP contribution in [-0.4, -0.2) is 154 Å². The Morgan fingerprint density at radius 2 is 1.77 bits per heavy atom. The van der Waals surface area contributed by atoms with Gasteiger partial charge in [0.1, 0.15) is 18.0 Å². The Balaban J connectivity index is 0.812. The number of piperazine rings is 1. The molecule has 2 atom stereocenters. The molecule has 19 heteroatoms. The molecule has 6 heterocycles. The summed E-state index contributed by atoms with van der Waals surface area (Å²) in [4.78, 5) is 90.2. The van der Waals surface area contributed by atoms with Crippen molar-refractivity contribution in [1.82, 2.24) is 25.3 Å². The number of benzene rings is 2. The predicted octanol–water partition coefficient (Wildman–Crippen LogP) is 1.04. The smallest absolute Gasteiger partial charge is 0.262 e. The number of piperidine rings is 1. The predicted molar refractivity (Wildman–Crippen MR) is 217 cm³/mol. The number of imide groups is 2. The van der Waals surface area contributed by atoms with E-state index in [4.69, 9.17) is 14.9 Å². The third kappa shape index (κ3) is 8.27. The van der Waals surface area contributed by atoms with Crippen molar-refractivity contribution in [2.75, 3.05) is 93.9 Å². The molecule has 8 rings (SSSR count). The lowest BCUT2D eigenvalue weighted by Gasteiger charge is -2.36. The first-order valence-corrected chi connectivity index (χ1v) is 19.9. The summed E-state index contributed by atoms with van der Waals surface area (Å²) in [7, 11) is 0. The van der Waals surface area contributed by atoms with E-state index < -0.39 is 41.7 Å². The largest absolute Gasteiger partial charge is 0.378 e. The van der Waals surface area contributed by atoms with Crippen LogP contribution < -0.4 is 25.8 Å². The van der Waals surface area contributed by atoms with E-state index in [-0.39, 0.29) is 67.6 Å². The van der Waals surface area contributed by atoms with Crippen molar-refractivity contribution in [3.8, 4) is 0 Å². The van der Waals surface area contributed by atoms with E-state index in [1.165, 1.54) is 11.1 Å². The van der Waals surface area contributed by atoms with Crippen molar-refractivity contribution >= 4 is 64.9 Å². The van der Waals surface area contributed by atoms with Gasteiger partial charge in [0.05, 0.1) is 61.0 Å². The Morgan fingerprint density at radius 1 is 0.983 bits per heavy atom. The topological polar surface area (TPSA) is 209 Å². The van der Waals surface area contributed by atoms with E-state index in [0.29, 0.717) is 81.5 Å². The van der Waals surface area contributed by atoms with E-state index in [0.717, 1.165) is 16.8 Å². The minimum absolute atomic E-state index is 0.0282. The van der Waals surface area contributed by atoms with Crippen molar-refractivity contribution in [2.24, 2.45) is 4.99 Å². The minimum Gasteiger partial charge on any atom is -0.378 e. The van der Waals surface area contributed by atoms with Gasteiger partial charge in [0, 0.05) is 88.7 Å². The van der Waals surface area contributed by atoms with Gasteiger partial charge in [-0.25, -0.2) is 9.38 Å². The standard InChI is InChI=1S/C41H45FN10O8/c42-26(23-51-22-25-18-32(46-37(54)31(21-43)36-44-6-1-7-45-36)34(20-29(25)39(51)56)50-13-16-59-17-14-50)24-60-15-12-48-8-10-49(11-9-48)27-2-3-28-30(19-27)41(58)52(40(28)57)33-4-5-35(53)47-38(33)55/h1-3,6-7,18-21,26,33,43-44H,4-5,8-17,22-24H2,(H,46,54)(H,47,53,55)/b36-31-,43-21?/t26-,33?/m1/s1. The summed E-state index contributed by atoms with van der Waals surface area (Å²) in [6.45, 7) is 5.37. The summed E-state index contributed by atoms with van der Waals surface area (Å²) in [5, 5.41) is 15.8. The second-order valence-electron chi connectivity index (χ2n) is 15.1. The number of nitrogens with one attached hydrogen (secondary N) is 4. The van der Waals surface area contributed by atoms with Crippen molar-refractivity contribution in [3.63, 3.8) is 0 Å². The Morgan fingerprint density at radius 3 is 2.50 bits per heavy atom. The van der Waals surface area contributed by atoms with Crippen LogP contribution in [0.1, 0.15) is 49.5 Å². The second kappa shape index (κ2) is 17.5. The highest BCUT2D eigenvalue weighted by atomic mass is 19.1. The van der Waals surface area contributed by atoms with E-state index >= 15 is 4.39 Å². The number of ether oxygens (including phenoxy) is 2. The van der Waals surface area contributed by atoms with Gasteiger partial charge >= 0.3 is 0 Å². The number of aliphatic imine (C=N–C) groups is 1. The molecule has 18 nitrogen and oxygen atoms in total. The normalized spacial score (nSPS) is 21.8. The zero-order chi connectivity index (χ0) is 41.9. The summed E-state index contributed by atoms with van der Waals surface area (Å²) in [6.07, 6.45) is 4.44. The van der Waals surface area contributed by atoms with Crippen LogP contribution in [0.5, 0.6) is 0 Å². The molecule has 0 aromatic heterocycles. The molecular weight excluding hydrogens is 780 g/mol. The number of hydrogen-bond donors (Lipinski definition) is 4. The zero-order valence-corrected chi connectivity index (χ0v) is 32.8. The van der Waals surface area contributed by atoms with Gasteiger partial charge in [0.2, 0.25) is 11.8 Å². The highest BCUT2D eigenvalue weighted by Gasteiger charge is 2.45. The lowest BCUT2D eigenvalue weighted by Crippen LogP contribution is -2.54. The van der Waals surface area contributed by atoms with Crippen molar-refractivity contribution in [1.29, 1.82) is 5.41 Å². The van der Waals surface area contributed by atoms with E-state index in [2.05, 4.69) is 30.7 Å². The van der Waals surface area contributed by atoms with Gasteiger partial charge in [-0.2, -0.15) is 0 Å². The quantitative estimate of drug-likeness (QED) is 0.0968. The molecule has 6 amide bonds. The number of anilines is 3. The molecule has 4 N–H and O–H groups in total. The molecule has 2 aromatic rings. The molecule has 2 aromatic carbocycles. The van der Waals surface area contributed by atoms with Crippen LogP contribution in [0.15, 0.2) is 59.0 Å². The summed E-state index contributed by atoms with van der Waals surface area (Å²) in [6, 6.07) is 7.54.